The van der Waals surface area contributed by atoms with E-state index in [0.29, 0.717) is 45.0 Å². The smallest absolute Gasteiger partial charge is 0.278 e. The zero-order chi connectivity index (χ0) is 24.4. The molecule has 4 rings (SSSR count). The second kappa shape index (κ2) is 9.91. The number of hydrogen-bond donors (Lipinski definition) is 1. The van der Waals surface area contributed by atoms with Gasteiger partial charge >= 0.3 is 0 Å². The van der Waals surface area contributed by atoms with Gasteiger partial charge in [-0.1, -0.05) is 52.1 Å². The van der Waals surface area contributed by atoms with Crippen LogP contribution in [0.4, 0.5) is 5.69 Å². The molecule has 9 heteroatoms. The van der Waals surface area contributed by atoms with Crippen molar-refractivity contribution in [2.75, 3.05) is 5.32 Å². The summed E-state index contributed by atoms with van der Waals surface area (Å²) in [6.45, 7) is 8.08. The molecular formula is C25H24Cl2N4O3. The average Bonchev–Trinajstić information content (AvgIpc) is 3.29. The van der Waals surface area contributed by atoms with Crippen LogP contribution >= 0.6 is 23.2 Å². The van der Waals surface area contributed by atoms with E-state index in [-0.39, 0.29) is 12.3 Å². The fourth-order valence-corrected chi connectivity index (χ4v) is 4.01. The van der Waals surface area contributed by atoms with Gasteiger partial charge in [0.15, 0.2) is 5.69 Å². The molecule has 0 aliphatic heterocycles. The zero-order valence-electron chi connectivity index (χ0n) is 19.3. The number of carbonyl (C=O) groups is 1. The highest BCUT2D eigenvalue weighted by Gasteiger charge is 2.23. The minimum Gasteiger partial charge on any atom is -0.489 e. The third-order valence-electron chi connectivity index (χ3n) is 5.56. The predicted molar refractivity (Wildman–Crippen MR) is 132 cm³/mol. The fourth-order valence-electron chi connectivity index (χ4n) is 3.55. The maximum absolute atomic E-state index is 13.1. The Bertz CT molecular complexity index is 1340. The molecule has 0 unspecified atom stereocenters. The molecule has 0 spiro atoms. The Morgan fingerprint density at radius 1 is 1.09 bits per heavy atom. The predicted octanol–water partition coefficient (Wildman–Crippen LogP) is 6.29. The molecule has 2 heterocycles. The number of benzene rings is 2. The van der Waals surface area contributed by atoms with Crippen molar-refractivity contribution in [3.63, 3.8) is 0 Å². The molecule has 0 radical (unpaired) electrons. The molecule has 0 saturated carbocycles. The normalized spacial score (nSPS) is 11.0. The van der Waals surface area contributed by atoms with E-state index in [4.69, 9.17) is 32.5 Å². The van der Waals surface area contributed by atoms with E-state index in [2.05, 4.69) is 15.6 Å². The molecule has 1 amide bonds. The SMILES string of the molecule is Cc1ccc(OCc2c(C(=O)Nc3c(C)nn(Cc4ccc(Cl)cc4Cl)c3C)noc2C)cc1. The summed E-state index contributed by atoms with van der Waals surface area (Å²) < 4.78 is 12.9. The summed E-state index contributed by atoms with van der Waals surface area (Å²) in [5.74, 6) is 0.833. The van der Waals surface area contributed by atoms with Gasteiger partial charge in [0, 0.05) is 10.0 Å². The van der Waals surface area contributed by atoms with Gasteiger partial charge in [-0.15, -0.1) is 0 Å². The third-order valence-corrected chi connectivity index (χ3v) is 6.15. The van der Waals surface area contributed by atoms with Crippen LogP contribution in [0.25, 0.3) is 0 Å². The molecule has 0 aliphatic carbocycles. The summed E-state index contributed by atoms with van der Waals surface area (Å²) in [4.78, 5) is 13.1. The van der Waals surface area contributed by atoms with Crippen molar-refractivity contribution in [2.45, 2.75) is 40.8 Å². The topological polar surface area (TPSA) is 82.2 Å². The lowest BCUT2D eigenvalue weighted by atomic mass is 10.2. The van der Waals surface area contributed by atoms with E-state index in [1.54, 1.807) is 23.7 Å². The highest BCUT2D eigenvalue weighted by atomic mass is 35.5. The molecule has 0 fully saturated rings. The van der Waals surface area contributed by atoms with Crippen LogP contribution < -0.4 is 10.1 Å². The average molecular weight is 499 g/mol. The lowest BCUT2D eigenvalue weighted by molar-refractivity contribution is 0.101. The molecule has 4 aromatic rings. The van der Waals surface area contributed by atoms with Gasteiger partial charge in [-0.25, -0.2) is 0 Å². The Balaban J connectivity index is 1.51. The Labute approximate surface area is 207 Å². The summed E-state index contributed by atoms with van der Waals surface area (Å²) >= 11 is 12.3. The molecule has 34 heavy (non-hydrogen) atoms. The Morgan fingerprint density at radius 3 is 2.53 bits per heavy atom. The molecule has 0 aliphatic rings. The Morgan fingerprint density at radius 2 is 1.82 bits per heavy atom. The first-order valence-electron chi connectivity index (χ1n) is 10.7. The molecule has 0 atom stereocenters. The zero-order valence-corrected chi connectivity index (χ0v) is 20.8. The second-order valence-corrected chi connectivity index (χ2v) is 8.90. The van der Waals surface area contributed by atoms with Crippen molar-refractivity contribution in [3.05, 3.63) is 92.0 Å². The second-order valence-electron chi connectivity index (χ2n) is 8.06. The molecule has 7 nitrogen and oxygen atoms in total. The van der Waals surface area contributed by atoms with Crippen LogP contribution in [0.15, 0.2) is 47.0 Å². The minimum absolute atomic E-state index is 0.160. The van der Waals surface area contributed by atoms with E-state index < -0.39 is 5.91 Å². The summed E-state index contributed by atoms with van der Waals surface area (Å²) in [5.41, 5.74) is 4.85. The number of aryl methyl sites for hydroxylation is 3. The van der Waals surface area contributed by atoms with Crippen LogP contribution in [0.5, 0.6) is 5.75 Å². The number of amides is 1. The Hall–Kier alpha value is -3.29. The van der Waals surface area contributed by atoms with Crippen molar-refractivity contribution < 1.29 is 14.1 Å². The third kappa shape index (κ3) is 5.11. The first-order chi connectivity index (χ1) is 16.2. The van der Waals surface area contributed by atoms with Crippen LogP contribution in [-0.4, -0.2) is 20.8 Å². The van der Waals surface area contributed by atoms with Crippen LogP contribution in [0.1, 0.15) is 44.3 Å². The minimum atomic E-state index is -0.394. The standard InChI is InChI=1S/C25H24Cl2N4O3/c1-14-5-9-20(10-6-14)33-13-21-17(4)34-30-24(21)25(32)28-23-15(2)29-31(16(23)3)12-18-7-8-19(26)11-22(18)27/h5-11H,12-13H2,1-4H3,(H,28,32). The highest BCUT2D eigenvalue weighted by molar-refractivity contribution is 6.35. The maximum Gasteiger partial charge on any atom is 0.278 e. The van der Waals surface area contributed by atoms with Crippen molar-refractivity contribution in [1.29, 1.82) is 0 Å². The number of nitrogens with zero attached hydrogens (tertiary/aromatic N) is 3. The first-order valence-corrected chi connectivity index (χ1v) is 11.4. The van der Waals surface area contributed by atoms with Crippen LogP contribution in [-0.2, 0) is 13.2 Å². The van der Waals surface area contributed by atoms with E-state index in [1.165, 1.54) is 0 Å². The van der Waals surface area contributed by atoms with Gasteiger partial charge in [-0.05, 0) is 57.5 Å². The molecule has 0 saturated heterocycles. The highest BCUT2D eigenvalue weighted by Crippen LogP contribution is 2.26. The summed E-state index contributed by atoms with van der Waals surface area (Å²) in [5, 5.41) is 12.6. The van der Waals surface area contributed by atoms with Gasteiger partial charge in [0.05, 0.1) is 29.2 Å². The van der Waals surface area contributed by atoms with E-state index in [0.717, 1.165) is 16.8 Å². The summed E-state index contributed by atoms with van der Waals surface area (Å²) in [6.07, 6.45) is 0. The number of anilines is 1. The van der Waals surface area contributed by atoms with E-state index >= 15 is 0 Å². The Kier molecular flexibility index (Phi) is 6.95. The van der Waals surface area contributed by atoms with E-state index in [1.807, 2.05) is 51.1 Å². The number of carbonyl (C=O) groups excluding carboxylic acids is 1. The quantitative estimate of drug-likeness (QED) is 0.323. The van der Waals surface area contributed by atoms with Gasteiger partial charge in [0.1, 0.15) is 18.1 Å². The lowest BCUT2D eigenvalue weighted by Gasteiger charge is -2.09. The van der Waals surface area contributed by atoms with Crippen molar-refractivity contribution in [1.82, 2.24) is 14.9 Å². The number of nitrogens with one attached hydrogen (secondary N) is 1. The fraction of sp³-hybridized carbons (Fsp3) is 0.240. The first kappa shape index (κ1) is 23.9. The summed E-state index contributed by atoms with van der Waals surface area (Å²) in [7, 11) is 0. The van der Waals surface area contributed by atoms with Gasteiger partial charge in [-0.3, -0.25) is 9.48 Å². The molecule has 0 bridgehead atoms. The number of rotatable bonds is 7. The van der Waals surface area contributed by atoms with Gasteiger partial charge in [0.25, 0.3) is 5.91 Å². The van der Waals surface area contributed by atoms with Crippen LogP contribution in [0.3, 0.4) is 0 Å². The molecular weight excluding hydrogens is 475 g/mol. The number of hydrogen-bond acceptors (Lipinski definition) is 5. The van der Waals surface area contributed by atoms with Crippen molar-refractivity contribution in [3.8, 4) is 5.75 Å². The van der Waals surface area contributed by atoms with Gasteiger partial charge in [0.2, 0.25) is 0 Å². The van der Waals surface area contributed by atoms with Gasteiger partial charge < -0.3 is 14.6 Å². The molecule has 176 valence electrons. The summed E-state index contributed by atoms with van der Waals surface area (Å²) in [6, 6.07) is 13.0. The maximum atomic E-state index is 13.1. The van der Waals surface area contributed by atoms with E-state index in [9.17, 15) is 4.79 Å². The van der Waals surface area contributed by atoms with Crippen molar-refractivity contribution in [2.24, 2.45) is 0 Å². The van der Waals surface area contributed by atoms with Crippen LogP contribution in [0.2, 0.25) is 10.0 Å². The number of aromatic nitrogens is 3. The lowest BCUT2D eigenvalue weighted by Crippen LogP contribution is -2.16. The monoisotopic (exact) mass is 498 g/mol. The van der Waals surface area contributed by atoms with Gasteiger partial charge in [-0.2, -0.15) is 5.10 Å². The molecule has 2 aromatic heterocycles. The molecule has 1 N–H and O–H groups in total. The van der Waals surface area contributed by atoms with Crippen LogP contribution in [0, 0.1) is 27.7 Å². The molecule has 2 aromatic carbocycles. The number of ether oxygens (including phenoxy) is 1. The number of halogens is 2. The van der Waals surface area contributed by atoms with Crippen molar-refractivity contribution >= 4 is 34.8 Å². The largest absolute Gasteiger partial charge is 0.489 e.